The minimum atomic E-state index is 0.744. The average molecular weight is 380 g/mol. The van der Waals surface area contributed by atoms with Crippen LogP contribution in [0.5, 0.6) is 0 Å². The Kier molecular flexibility index (Phi) is 3.46. The molecule has 0 radical (unpaired) electrons. The van der Waals surface area contributed by atoms with Crippen LogP contribution in [0.2, 0.25) is 10.0 Å². The second-order valence-corrected chi connectivity index (χ2v) is 7.87. The van der Waals surface area contributed by atoms with Crippen LogP contribution < -0.4 is 0 Å². The highest BCUT2D eigenvalue weighted by Crippen LogP contribution is 2.38. The number of rotatable bonds is 1. The molecule has 5 rings (SSSR count). The Balaban J connectivity index is 1.80. The number of benzene rings is 4. The lowest BCUT2D eigenvalue weighted by molar-refractivity contribution is 1.50. The molecule has 0 amide bonds. The van der Waals surface area contributed by atoms with Gasteiger partial charge in [0.1, 0.15) is 5.01 Å². The lowest BCUT2D eigenvalue weighted by Gasteiger charge is -2.04. The second-order valence-electron chi connectivity index (χ2n) is 5.97. The first-order valence-corrected chi connectivity index (χ1v) is 9.44. The van der Waals surface area contributed by atoms with Crippen LogP contribution in [0.1, 0.15) is 0 Å². The molecule has 0 bridgehead atoms. The van der Waals surface area contributed by atoms with Gasteiger partial charge in [-0.3, -0.25) is 0 Å². The van der Waals surface area contributed by atoms with Crippen molar-refractivity contribution in [3.63, 3.8) is 0 Å². The predicted octanol–water partition coefficient (Wildman–Crippen LogP) is 7.58. The van der Waals surface area contributed by atoms with Crippen molar-refractivity contribution in [1.29, 1.82) is 0 Å². The van der Waals surface area contributed by atoms with Crippen LogP contribution in [0.25, 0.3) is 42.3 Å². The fraction of sp³-hybridized carbons (Fsp3) is 0. The van der Waals surface area contributed by atoms with Crippen molar-refractivity contribution in [2.75, 3.05) is 0 Å². The van der Waals surface area contributed by atoms with Gasteiger partial charge < -0.3 is 0 Å². The van der Waals surface area contributed by atoms with Gasteiger partial charge in [-0.2, -0.15) is 0 Å². The molecule has 4 aromatic carbocycles. The first-order chi connectivity index (χ1) is 12.2. The number of thiazole rings is 1. The summed E-state index contributed by atoms with van der Waals surface area (Å²) in [6, 6.07) is 22.4. The van der Waals surface area contributed by atoms with Crippen molar-refractivity contribution < 1.29 is 0 Å². The van der Waals surface area contributed by atoms with E-state index >= 15 is 0 Å². The van der Waals surface area contributed by atoms with Gasteiger partial charge in [-0.15, -0.1) is 11.3 Å². The Bertz CT molecular complexity index is 1270. The zero-order chi connectivity index (χ0) is 17.0. The Morgan fingerprint density at radius 3 is 2.24 bits per heavy atom. The Morgan fingerprint density at radius 2 is 1.44 bits per heavy atom. The van der Waals surface area contributed by atoms with Gasteiger partial charge in [0, 0.05) is 21.0 Å². The molecule has 0 atom stereocenters. The average Bonchev–Trinajstić information content (AvgIpc) is 3.05. The number of hydrogen-bond donors (Lipinski definition) is 0. The monoisotopic (exact) mass is 379 g/mol. The van der Waals surface area contributed by atoms with Gasteiger partial charge in [-0.05, 0) is 46.5 Å². The zero-order valence-corrected chi connectivity index (χ0v) is 15.3. The topological polar surface area (TPSA) is 12.9 Å². The third-order valence-electron chi connectivity index (χ3n) is 4.41. The van der Waals surface area contributed by atoms with E-state index < -0.39 is 0 Å². The van der Waals surface area contributed by atoms with Crippen LogP contribution in [0.15, 0.2) is 66.7 Å². The molecule has 0 N–H and O–H groups in total. The maximum atomic E-state index is 6.14. The largest absolute Gasteiger partial charge is 0.235 e. The first kappa shape index (κ1) is 15.2. The lowest BCUT2D eigenvalue weighted by Crippen LogP contribution is -1.81. The highest BCUT2D eigenvalue weighted by molar-refractivity contribution is 7.21. The van der Waals surface area contributed by atoms with Crippen LogP contribution in [-0.2, 0) is 0 Å². The maximum absolute atomic E-state index is 6.14. The Hall–Kier alpha value is -2.13. The lowest BCUT2D eigenvalue weighted by atomic mass is 10.1. The van der Waals surface area contributed by atoms with E-state index in [0.29, 0.717) is 0 Å². The van der Waals surface area contributed by atoms with E-state index in [2.05, 4.69) is 36.4 Å². The zero-order valence-electron chi connectivity index (χ0n) is 13.0. The number of halogens is 2. The molecular formula is C21H11Cl2NS. The fourth-order valence-corrected chi connectivity index (χ4v) is 4.63. The molecule has 0 aliphatic heterocycles. The molecule has 0 aliphatic rings. The summed E-state index contributed by atoms with van der Waals surface area (Å²) in [7, 11) is 0. The van der Waals surface area contributed by atoms with Crippen molar-refractivity contribution >= 4 is 66.3 Å². The van der Waals surface area contributed by atoms with Crippen molar-refractivity contribution in [3.05, 3.63) is 76.8 Å². The summed E-state index contributed by atoms with van der Waals surface area (Å²) in [5.74, 6) is 0. The second kappa shape index (κ2) is 5.70. The van der Waals surface area contributed by atoms with Crippen LogP contribution in [-0.4, -0.2) is 4.98 Å². The van der Waals surface area contributed by atoms with Crippen LogP contribution in [0, 0.1) is 0 Å². The molecule has 5 aromatic rings. The molecule has 0 aliphatic carbocycles. The van der Waals surface area contributed by atoms with Gasteiger partial charge >= 0.3 is 0 Å². The summed E-state index contributed by atoms with van der Waals surface area (Å²) < 4.78 is 1.18. The normalized spacial score (nSPS) is 11.6. The Morgan fingerprint density at radius 1 is 0.720 bits per heavy atom. The molecule has 25 heavy (non-hydrogen) atoms. The molecule has 0 fully saturated rings. The van der Waals surface area contributed by atoms with E-state index in [1.807, 2.05) is 30.3 Å². The highest BCUT2D eigenvalue weighted by atomic mass is 35.5. The minimum absolute atomic E-state index is 0.744. The molecule has 0 unspecified atom stereocenters. The summed E-state index contributed by atoms with van der Waals surface area (Å²) in [6.45, 7) is 0. The summed E-state index contributed by atoms with van der Waals surface area (Å²) in [6.07, 6.45) is 0. The smallest absolute Gasteiger partial charge is 0.125 e. The van der Waals surface area contributed by atoms with Crippen LogP contribution in [0.3, 0.4) is 0 Å². The molecule has 0 spiro atoms. The van der Waals surface area contributed by atoms with E-state index in [1.54, 1.807) is 11.3 Å². The van der Waals surface area contributed by atoms with Crippen LogP contribution in [0.4, 0.5) is 0 Å². The maximum Gasteiger partial charge on any atom is 0.125 e. The standard InChI is InChI=1S/C21H11Cl2NS/c22-14-5-7-16-12(10-14)2-1-3-18(16)21-24-20-17-8-6-15(23)11-13(17)4-9-19(20)25-21/h1-11H. The number of nitrogens with zero attached hydrogens (tertiary/aromatic N) is 1. The van der Waals surface area contributed by atoms with E-state index in [-0.39, 0.29) is 0 Å². The third kappa shape index (κ3) is 2.49. The molecule has 1 heterocycles. The molecule has 0 saturated carbocycles. The number of hydrogen-bond acceptors (Lipinski definition) is 2. The molecular weight excluding hydrogens is 369 g/mol. The molecule has 4 heteroatoms. The Labute approximate surface area is 158 Å². The molecule has 120 valence electrons. The van der Waals surface area contributed by atoms with E-state index in [1.165, 1.54) is 10.1 Å². The summed E-state index contributed by atoms with van der Waals surface area (Å²) >= 11 is 14.0. The van der Waals surface area contributed by atoms with Gasteiger partial charge in [0.05, 0.1) is 10.2 Å². The van der Waals surface area contributed by atoms with Crippen LogP contribution >= 0.6 is 34.5 Å². The number of aromatic nitrogens is 1. The van der Waals surface area contributed by atoms with Gasteiger partial charge in [0.15, 0.2) is 0 Å². The van der Waals surface area contributed by atoms with Gasteiger partial charge in [-0.1, -0.05) is 59.6 Å². The van der Waals surface area contributed by atoms with Gasteiger partial charge in [0.25, 0.3) is 0 Å². The van der Waals surface area contributed by atoms with Crippen molar-refractivity contribution in [2.45, 2.75) is 0 Å². The van der Waals surface area contributed by atoms with Gasteiger partial charge in [-0.25, -0.2) is 4.98 Å². The van der Waals surface area contributed by atoms with E-state index in [4.69, 9.17) is 28.2 Å². The quantitative estimate of drug-likeness (QED) is 0.292. The number of fused-ring (bicyclic) bond motifs is 4. The fourth-order valence-electron chi connectivity index (χ4n) is 3.25. The first-order valence-electron chi connectivity index (χ1n) is 7.86. The predicted molar refractivity (Wildman–Crippen MR) is 110 cm³/mol. The summed E-state index contributed by atoms with van der Waals surface area (Å²) in [5.41, 5.74) is 2.16. The summed E-state index contributed by atoms with van der Waals surface area (Å²) in [5, 5.41) is 7.05. The minimum Gasteiger partial charge on any atom is -0.235 e. The third-order valence-corrected chi connectivity index (χ3v) is 5.93. The van der Waals surface area contributed by atoms with Crippen molar-refractivity contribution in [3.8, 4) is 10.6 Å². The van der Waals surface area contributed by atoms with Crippen molar-refractivity contribution in [2.24, 2.45) is 0 Å². The highest BCUT2D eigenvalue weighted by Gasteiger charge is 2.12. The van der Waals surface area contributed by atoms with E-state index in [0.717, 1.165) is 42.3 Å². The van der Waals surface area contributed by atoms with Gasteiger partial charge in [0.2, 0.25) is 0 Å². The summed E-state index contributed by atoms with van der Waals surface area (Å²) in [4.78, 5) is 4.96. The van der Waals surface area contributed by atoms with Crippen molar-refractivity contribution in [1.82, 2.24) is 4.98 Å². The molecule has 1 aromatic heterocycles. The molecule has 0 saturated heterocycles. The molecule has 1 nitrogen and oxygen atoms in total. The SMILES string of the molecule is Clc1ccc2c(-c3nc4c(ccc5cc(Cl)ccc54)s3)cccc2c1. The van der Waals surface area contributed by atoms with E-state index in [9.17, 15) is 0 Å².